The normalized spacial score (nSPS) is 11.9. The number of nitrogens with one attached hydrogen (secondary N) is 1. The van der Waals surface area contributed by atoms with E-state index in [0.29, 0.717) is 12.2 Å². The number of unbranched alkanes of at least 4 members (excludes halogenated alkanes) is 1. The van der Waals surface area contributed by atoms with Gasteiger partial charge in [0, 0.05) is 12.4 Å². The number of rotatable bonds is 6. The Kier molecular flexibility index (Phi) is 5.69. The summed E-state index contributed by atoms with van der Waals surface area (Å²) in [5.41, 5.74) is 0. The molecule has 5 nitrogen and oxygen atoms in total. The molecule has 1 aromatic heterocycles. The van der Waals surface area contributed by atoms with Gasteiger partial charge in [0.1, 0.15) is 6.04 Å². The fourth-order valence-electron chi connectivity index (χ4n) is 1.38. The maximum atomic E-state index is 11.6. The minimum atomic E-state index is -0.436. The van der Waals surface area contributed by atoms with Crippen LogP contribution in [-0.4, -0.2) is 29.1 Å². The Labute approximate surface area is 106 Å². The van der Waals surface area contributed by atoms with Crippen molar-refractivity contribution in [3.05, 3.63) is 17.5 Å². The maximum Gasteiger partial charge on any atom is 0.328 e. The summed E-state index contributed by atoms with van der Waals surface area (Å²) in [5.74, 6) is 0.0841. The zero-order valence-corrected chi connectivity index (χ0v) is 10.7. The van der Waals surface area contributed by atoms with Crippen LogP contribution in [0.25, 0.3) is 0 Å². The highest BCUT2D eigenvalue weighted by molar-refractivity contribution is 6.31. The van der Waals surface area contributed by atoms with Crippen molar-refractivity contribution in [2.24, 2.45) is 0 Å². The van der Waals surface area contributed by atoms with Crippen molar-refractivity contribution in [2.75, 3.05) is 12.4 Å². The first-order valence-corrected chi connectivity index (χ1v) is 5.87. The van der Waals surface area contributed by atoms with Gasteiger partial charge in [-0.2, -0.15) is 0 Å². The van der Waals surface area contributed by atoms with Crippen LogP contribution in [0.5, 0.6) is 0 Å². The summed E-state index contributed by atoms with van der Waals surface area (Å²) < 4.78 is 4.73. The van der Waals surface area contributed by atoms with Gasteiger partial charge in [0.2, 0.25) is 0 Å². The molecule has 1 heterocycles. The van der Waals surface area contributed by atoms with E-state index in [4.69, 9.17) is 16.3 Å². The van der Waals surface area contributed by atoms with Crippen LogP contribution in [0, 0.1) is 0 Å². The number of hydrogen-bond donors (Lipinski definition) is 1. The number of carbonyl (C=O) groups is 1. The van der Waals surface area contributed by atoms with Crippen molar-refractivity contribution in [3.63, 3.8) is 0 Å². The largest absolute Gasteiger partial charge is 0.467 e. The smallest absolute Gasteiger partial charge is 0.328 e. The van der Waals surface area contributed by atoms with Crippen molar-refractivity contribution >= 4 is 23.4 Å². The zero-order valence-electron chi connectivity index (χ0n) is 9.94. The van der Waals surface area contributed by atoms with Crippen molar-refractivity contribution in [1.82, 2.24) is 9.97 Å². The van der Waals surface area contributed by atoms with E-state index in [1.165, 1.54) is 19.5 Å². The van der Waals surface area contributed by atoms with Gasteiger partial charge in [0.25, 0.3) is 0 Å². The van der Waals surface area contributed by atoms with Gasteiger partial charge in [-0.25, -0.2) is 14.8 Å². The molecule has 17 heavy (non-hydrogen) atoms. The predicted molar refractivity (Wildman–Crippen MR) is 66.0 cm³/mol. The van der Waals surface area contributed by atoms with Crippen molar-refractivity contribution in [3.8, 4) is 0 Å². The van der Waals surface area contributed by atoms with Gasteiger partial charge in [0.15, 0.2) is 11.0 Å². The average molecular weight is 258 g/mol. The molecule has 1 atom stereocenters. The van der Waals surface area contributed by atoms with Crippen molar-refractivity contribution in [2.45, 2.75) is 32.2 Å². The van der Waals surface area contributed by atoms with Gasteiger partial charge >= 0.3 is 5.97 Å². The Morgan fingerprint density at radius 1 is 1.53 bits per heavy atom. The van der Waals surface area contributed by atoms with Crippen LogP contribution in [0.1, 0.15) is 26.2 Å². The highest BCUT2D eigenvalue weighted by Crippen LogP contribution is 2.17. The van der Waals surface area contributed by atoms with Crippen molar-refractivity contribution < 1.29 is 9.53 Å². The summed E-state index contributed by atoms with van der Waals surface area (Å²) in [6, 6.07) is -0.436. The topological polar surface area (TPSA) is 64.1 Å². The van der Waals surface area contributed by atoms with Gasteiger partial charge in [-0.15, -0.1) is 0 Å². The van der Waals surface area contributed by atoms with E-state index in [0.717, 1.165) is 12.8 Å². The Bertz CT molecular complexity index is 373. The molecule has 0 amide bonds. The molecule has 1 aromatic rings. The summed E-state index contributed by atoms with van der Waals surface area (Å²) in [4.78, 5) is 19.5. The van der Waals surface area contributed by atoms with E-state index in [2.05, 4.69) is 22.2 Å². The van der Waals surface area contributed by atoms with Crippen LogP contribution in [0.4, 0.5) is 5.82 Å². The molecule has 0 fully saturated rings. The number of ether oxygens (including phenoxy) is 1. The molecule has 1 N–H and O–H groups in total. The summed E-state index contributed by atoms with van der Waals surface area (Å²) in [7, 11) is 1.36. The lowest BCUT2D eigenvalue weighted by Gasteiger charge is -2.16. The molecule has 0 radical (unpaired) electrons. The lowest BCUT2D eigenvalue weighted by Crippen LogP contribution is -2.31. The lowest BCUT2D eigenvalue weighted by atomic mass is 10.1. The average Bonchev–Trinajstić information content (AvgIpc) is 2.35. The summed E-state index contributed by atoms with van der Waals surface area (Å²) in [6.45, 7) is 2.06. The number of nitrogens with zero attached hydrogens (tertiary/aromatic N) is 2. The standard InChI is InChI=1S/C11H16ClN3O2/c1-3-4-5-8(11(16)17-2)15-10-9(12)13-6-7-14-10/h6-8H,3-5H2,1-2H3,(H,14,15)/t8-/m1/s1. The Hall–Kier alpha value is -1.36. The number of anilines is 1. The Morgan fingerprint density at radius 2 is 2.24 bits per heavy atom. The van der Waals surface area contributed by atoms with Gasteiger partial charge in [-0.3, -0.25) is 0 Å². The Balaban J connectivity index is 2.72. The van der Waals surface area contributed by atoms with Gasteiger partial charge < -0.3 is 10.1 Å². The summed E-state index contributed by atoms with van der Waals surface area (Å²) >= 11 is 5.86. The van der Waals surface area contributed by atoms with E-state index in [1.54, 1.807) is 0 Å². The lowest BCUT2D eigenvalue weighted by molar-refractivity contribution is -0.141. The van der Waals surface area contributed by atoms with Crippen LogP contribution in [-0.2, 0) is 9.53 Å². The number of hydrogen-bond acceptors (Lipinski definition) is 5. The molecular weight excluding hydrogens is 242 g/mol. The fourth-order valence-corrected chi connectivity index (χ4v) is 1.54. The van der Waals surface area contributed by atoms with Crippen LogP contribution in [0.3, 0.4) is 0 Å². The third-order valence-electron chi connectivity index (χ3n) is 2.30. The molecular formula is C11H16ClN3O2. The third-order valence-corrected chi connectivity index (χ3v) is 2.57. The van der Waals surface area contributed by atoms with Gasteiger partial charge in [0.05, 0.1) is 7.11 Å². The number of esters is 1. The van der Waals surface area contributed by atoms with E-state index >= 15 is 0 Å². The first-order chi connectivity index (χ1) is 8.19. The molecule has 0 saturated carbocycles. The highest BCUT2D eigenvalue weighted by Gasteiger charge is 2.19. The second-order valence-corrected chi connectivity index (χ2v) is 3.92. The molecule has 94 valence electrons. The summed E-state index contributed by atoms with van der Waals surface area (Å²) in [5, 5.41) is 3.20. The number of methoxy groups -OCH3 is 1. The quantitative estimate of drug-likeness (QED) is 0.792. The molecule has 0 unspecified atom stereocenters. The zero-order chi connectivity index (χ0) is 12.7. The van der Waals surface area contributed by atoms with E-state index in [-0.39, 0.29) is 11.1 Å². The minimum absolute atomic E-state index is 0.248. The van der Waals surface area contributed by atoms with E-state index in [9.17, 15) is 4.79 Å². The molecule has 0 spiro atoms. The monoisotopic (exact) mass is 257 g/mol. The number of halogens is 1. The van der Waals surface area contributed by atoms with E-state index in [1.807, 2.05) is 0 Å². The predicted octanol–water partition coefficient (Wildman–Crippen LogP) is 2.27. The Morgan fingerprint density at radius 3 is 2.82 bits per heavy atom. The molecule has 6 heteroatoms. The molecule has 0 aliphatic heterocycles. The fraction of sp³-hybridized carbons (Fsp3) is 0.545. The van der Waals surface area contributed by atoms with Crippen LogP contribution in [0.2, 0.25) is 5.15 Å². The molecule has 0 aliphatic rings. The van der Waals surface area contributed by atoms with Crippen LogP contribution >= 0.6 is 11.6 Å². The minimum Gasteiger partial charge on any atom is -0.467 e. The molecule has 0 aliphatic carbocycles. The molecule has 1 rings (SSSR count). The molecule has 0 bridgehead atoms. The number of carbonyl (C=O) groups excluding carboxylic acids is 1. The molecule has 0 saturated heterocycles. The van der Waals surface area contributed by atoms with Crippen molar-refractivity contribution in [1.29, 1.82) is 0 Å². The van der Waals surface area contributed by atoms with Crippen LogP contribution < -0.4 is 5.32 Å². The second-order valence-electron chi connectivity index (χ2n) is 3.56. The highest BCUT2D eigenvalue weighted by atomic mass is 35.5. The number of aromatic nitrogens is 2. The first kappa shape index (κ1) is 13.7. The maximum absolute atomic E-state index is 11.6. The van der Waals surface area contributed by atoms with E-state index < -0.39 is 6.04 Å². The van der Waals surface area contributed by atoms with Gasteiger partial charge in [-0.1, -0.05) is 31.4 Å². The van der Waals surface area contributed by atoms with Gasteiger partial charge in [-0.05, 0) is 6.42 Å². The summed E-state index contributed by atoms with van der Waals surface area (Å²) in [6.07, 6.45) is 5.61. The van der Waals surface area contributed by atoms with Crippen LogP contribution in [0.15, 0.2) is 12.4 Å². The third kappa shape index (κ3) is 4.19. The molecule has 0 aromatic carbocycles. The SMILES string of the molecule is CCCC[C@@H](Nc1nccnc1Cl)C(=O)OC. The second kappa shape index (κ2) is 7.06. The first-order valence-electron chi connectivity index (χ1n) is 5.50.